The van der Waals surface area contributed by atoms with Crippen LogP contribution in [0.3, 0.4) is 0 Å². The van der Waals surface area contributed by atoms with Crippen molar-refractivity contribution in [2.24, 2.45) is 0 Å². The van der Waals surface area contributed by atoms with Crippen LogP contribution in [0.5, 0.6) is 11.5 Å². The second kappa shape index (κ2) is 65.4. The number of benzene rings is 8. The van der Waals surface area contributed by atoms with Gasteiger partial charge in [0.1, 0.15) is 52.9 Å². The molecule has 0 unspecified atom stereocenters. The highest BCUT2D eigenvalue weighted by Crippen LogP contribution is 2.32. The normalized spacial score (nSPS) is 11.5. The lowest BCUT2D eigenvalue weighted by molar-refractivity contribution is -0.154. The number of halogens is 3. The van der Waals surface area contributed by atoms with Crippen LogP contribution in [0.15, 0.2) is 176 Å². The number of carbonyl (C=O) groups is 8. The van der Waals surface area contributed by atoms with Crippen molar-refractivity contribution < 1.29 is 89.4 Å². The van der Waals surface area contributed by atoms with Crippen molar-refractivity contribution in [2.75, 3.05) is 53.6 Å². The monoisotopic (exact) mass is 2100 g/mol. The summed E-state index contributed by atoms with van der Waals surface area (Å²) in [5.41, 5.74) is 11.4. The highest BCUT2D eigenvalue weighted by Gasteiger charge is 2.27. The number of esters is 6. The molecule has 21 nitrogen and oxygen atoms in total. The number of hydrogen-bond donors (Lipinski definition) is 5. The number of amides is 2. The molecular weight excluding hydrogens is 1900 g/mol. The third-order valence-corrected chi connectivity index (χ3v) is 20.6. The predicted octanol–water partition coefficient (Wildman–Crippen LogP) is 29.7. The fourth-order valence-corrected chi connectivity index (χ4v) is 12.5. The molecule has 0 spiro atoms. The van der Waals surface area contributed by atoms with Crippen LogP contribution in [0.4, 0.5) is 13.2 Å². The average molecular weight is 2100 g/mol. The molecule has 0 fully saturated rings. The summed E-state index contributed by atoms with van der Waals surface area (Å²) in [5.74, 6) is -3.29. The Labute approximate surface area is 907 Å². The van der Waals surface area contributed by atoms with Gasteiger partial charge in [0.2, 0.25) is 0 Å². The Balaban J connectivity index is -0.000000395. The summed E-state index contributed by atoms with van der Waals surface area (Å²) < 4.78 is 82.0. The third-order valence-electron chi connectivity index (χ3n) is 20.6. The zero-order chi connectivity index (χ0) is 111. The molecule has 0 saturated heterocycles. The van der Waals surface area contributed by atoms with Crippen LogP contribution in [0, 0.1) is 17.5 Å². The molecule has 0 aromatic heterocycles. The summed E-state index contributed by atoms with van der Waals surface area (Å²) >= 11 is 0. The minimum atomic E-state index is -0.635. The van der Waals surface area contributed by atoms with Gasteiger partial charge in [-0.25, -0.2) is 18.0 Å². The van der Waals surface area contributed by atoms with Gasteiger partial charge in [-0.15, -0.1) is 0 Å². The van der Waals surface area contributed by atoms with Gasteiger partial charge in [0.25, 0.3) is 11.8 Å². The van der Waals surface area contributed by atoms with Crippen molar-refractivity contribution in [3.63, 3.8) is 0 Å². The van der Waals surface area contributed by atoms with E-state index in [9.17, 15) is 51.5 Å². The van der Waals surface area contributed by atoms with Gasteiger partial charge in [0.05, 0.1) is 50.6 Å². The second-order valence-corrected chi connectivity index (χ2v) is 48.6. The van der Waals surface area contributed by atoms with Gasteiger partial charge in [0, 0.05) is 44.2 Å². The number of nitrogens with one attached hydrogen (secondary N) is 5. The quantitative estimate of drug-likeness (QED) is 0.0183. The Morgan fingerprint density at radius 2 is 0.567 bits per heavy atom. The number of hydrogen-bond acceptors (Lipinski definition) is 19. The van der Waals surface area contributed by atoms with E-state index in [1.807, 2.05) is 165 Å². The summed E-state index contributed by atoms with van der Waals surface area (Å²) in [6.45, 7) is 83.4. The molecule has 0 aliphatic rings. The Morgan fingerprint density at radius 3 is 0.867 bits per heavy atom. The molecule has 8 aromatic rings. The van der Waals surface area contributed by atoms with E-state index in [0.29, 0.717) is 41.3 Å². The largest absolute Gasteiger partial charge is 0.494 e. The number of carbonyl (C=O) groups excluding carboxylic acids is 8. The minimum Gasteiger partial charge on any atom is -0.494 e. The summed E-state index contributed by atoms with van der Waals surface area (Å²) in [4.78, 5) is 91.9. The molecule has 0 heterocycles. The Morgan fingerprint density at radius 1 is 0.287 bits per heavy atom. The van der Waals surface area contributed by atoms with Gasteiger partial charge >= 0.3 is 35.8 Å². The van der Waals surface area contributed by atoms with Gasteiger partial charge < -0.3 is 64.5 Å². The predicted molar refractivity (Wildman–Crippen MR) is 619 cm³/mol. The van der Waals surface area contributed by atoms with E-state index in [0.717, 1.165) is 42.0 Å². The average Bonchev–Trinajstić information content (AvgIpc) is 0.823. The molecule has 8 aromatic carbocycles. The maximum Gasteiger partial charge on any atom is 0.337 e. The number of ether oxygens (including phenoxy) is 8. The zero-order valence-corrected chi connectivity index (χ0v) is 95.3. The maximum absolute atomic E-state index is 14.0. The van der Waals surface area contributed by atoms with E-state index in [2.05, 4.69) is 204 Å². The topological polar surface area (TPSA) is 271 Å². The smallest absolute Gasteiger partial charge is 0.337 e. The lowest BCUT2D eigenvalue weighted by Crippen LogP contribution is -2.35. The highest BCUT2D eigenvalue weighted by molar-refractivity contribution is 5.97. The van der Waals surface area contributed by atoms with Gasteiger partial charge in [-0.2, -0.15) is 0 Å². The van der Waals surface area contributed by atoms with Crippen molar-refractivity contribution in [3.8, 4) is 11.5 Å². The van der Waals surface area contributed by atoms with Gasteiger partial charge in [0.15, 0.2) is 11.6 Å². The van der Waals surface area contributed by atoms with Crippen LogP contribution in [-0.2, 0) is 115 Å². The first-order valence-corrected chi connectivity index (χ1v) is 49.3. The molecule has 0 bridgehead atoms. The Kier molecular flexibility index (Phi) is 65.2. The Bertz CT molecular complexity index is 5290. The lowest BCUT2D eigenvalue weighted by atomic mass is 9.86. The first-order chi connectivity index (χ1) is 65.4. The fourth-order valence-electron chi connectivity index (χ4n) is 12.5. The molecule has 848 valence electrons. The van der Waals surface area contributed by atoms with Crippen LogP contribution in [0.2, 0.25) is 0 Å². The van der Waals surface area contributed by atoms with Gasteiger partial charge in [-0.1, -0.05) is 320 Å². The van der Waals surface area contributed by atoms with Crippen LogP contribution in [0.25, 0.3) is 0 Å². The third kappa shape index (κ3) is 65.3. The van der Waals surface area contributed by atoms with Crippen molar-refractivity contribution in [1.29, 1.82) is 0 Å². The highest BCUT2D eigenvalue weighted by atomic mass is 19.1. The summed E-state index contributed by atoms with van der Waals surface area (Å²) in [5, 5.41) is 14.4. The van der Waals surface area contributed by atoms with Gasteiger partial charge in [-0.05, 0) is 270 Å². The second-order valence-electron chi connectivity index (χ2n) is 48.6. The Hall–Kier alpha value is -11.1. The molecule has 0 aliphatic heterocycles. The molecule has 150 heavy (non-hydrogen) atoms. The van der Waals surface area contributed by atoms with E-state index < -0.39 is 46.1 Å². The van der Waals surface area contributed by atoms with Crippen LogP contribution in [0.1, 0.15) is 414 Å². The standard InChI is InChI=1S/C17H24FNO3.C17H26FNO2.C17H25NO3.C17H27NO2.C17H29NO.2C12H16O2.C11H15FO.6CH4/c1-16(2,3)11-7-8-12(13(18)9-11)15(21)19-10-14(20)22-17(4,5)6;1-16(2,3)13-8-7-12(14(18)9-13)10-19-11-15(20)21-17(4,5)6;1-16(2,3)13-9-7-12(8-10-13)15(20)18-11-14(19)21-17(4,5)6;1-16(2,3)14-9-7-13(8-10-14)11-18-12-15(19)20-17(4,5)6;1-16(2,3)15-9-7-14(8-10-15)13-18-11-12-19-17(4,5)6;1-12(2,3)10-7-5-9(6-8-10)11(13)14-4;1-9(13)14-11-7-5-10(6-8-11)12(2,3)4;1-11(2,3)8-5-6-10(13-4)9(12)7-8;;;;;;/h7-9H,10H2,1-6H3,(H,19,21);7-9,19H,10-11H2,1-6H3;7-10H,11H2,1-6H3,(H,18,20);7-10,18H,11-12H2,1-6H3;7-10,18H,11-13H2,1-6H3;2*5-8H,1-4H3;5-7H,1-4H3;6*1H4. The SMILES string of the molecule is C.C.C.C.C.C.CC(=O)Oc1ccc(C(C)(C)C)cc1.CC(C)(C)OC(=O)CNC(=O)c1ccc(C(C)(C)C)cc1.CC(C)(C)OC(=O)CNC(=O)c1ccc(C(C)(C)C)cc1F.CC(C)(C)OC(=O)CNCc1ccc(C(C)(C)C)cc1.CC(C)(C)OC(=O)CNCc1ccc(C(C)(C)C)cc1F.CC(C)(C)OCCNCc1ccc(C(C)(C)C)cc1.COC(=O)c1ccc(C(C)(C)C)cc1.COc1ccc(C(C)(C)C)cc1F. The van der Waals surface area contributed by atoms with E-state index in [1.165, 1.54) is 72.7 Å². The molecule has 8 rings (SSSR count). The van der Waals surface area contributed by atoms with E-state index in [4.69, 9.17) is 33.2 Å². The molecular formula is C126H202F3N5O16. The van der Waals surface area contributed by atoms with Crippen molar-refractivity contribution in [3.05, 3.63) is 271 Å². The lowest BCUT2D eigenvalue weighted by Gasteiger charge is -2.20. The molecule has 24 heteroatoms. The van der Waals surface area contributed by atoms with E-state index in [-0.39, 0.29) is 167 Å². The molecule has 0 saturated carbocycles. The number of rotatable bonds is 22. The molecule has 0 atom stereocenters. The van der Waals surface area contributed by atoms with Crippen molar-refractivity contribution in [1.82, 2.24) is 26.6 Å². The molecule has 0 aliphatic carbocycles. The van der Waals surface area contributed by atoms with E-state index >= 15 is 0 Å². The minimum absolute atomic E-state index is 0. The zero-order valence-electron chi connectivity index (χ0n) is 95.3. The first kappa shape index (κ1) is 150. The summed E-state index contributed by atoms with van der Waals surface area (Å²) in [6, 6.07) is 54.7. The van der Waals surface area contributed by atoms with Crippen molar-refractivity contribution >= 4 is 47.6 Å². The molecule has 2 amide bonds. The van der Waals surface area contributed by atoms with Crippen LogP contribution in [-0.4, -0.2) is 129 Å². The fraction of sp³-hybridized carbons (Fsp3) is 0.556. The van der Waals surface area contributed by atoms with Crippen LogP contribution < -0.4 is 36.1 Å². The van der Waals surface area contributed by atoms with Crippen molar-refractivity contribution in [2.45, 2.75) is 412 Å². The van der Waals surface area contributed by atoms with E-state index in [1.54, 1.807) is 90.1 Å². The summed E-state index contributed by atoms with van der Waals surface area (Å²) in [7, 11) is 2.86. The molecule has 5 N–H and O–H groups in total. The maximum atomic E-state index is 14.0. The number of methoxy groups -OCH3 is 2. The van der Waals surface area contributed by atoms with Gasteiger partial charge in [-0.3, -0.25) is 33.6 Å². The molecule has 0 radical (unpaired) electrons. The first-order valence-electron chi connectivity index (χ1n) is 49.3. The van der Waals surface area contributed by atoms with Crippen LogP contribution >= 0.6 is 0 Å². The summed E-state index contributed by atoms with van der Waals surface area (Å²) in [6.07, 6.45) is 0.